The zero-order chi connectivity index (χ0) is 23.0. The number of amides is 1. The number of anilines is 1. The van der Waals surface area contributed by atoms with Crippen LogP contribution < -0.4 is 10.2 Å². The van der Waals surface area contributed by atoms with Crippen molar-refractivity contribution >= 4 is 34.2 Å². The molecule has 0 aliphatic heterocycles. The maximum Gasteiger partial charge on any atom is 0.240 e. The minimum absolute atomic E-state index is 0.0586. The van der Waals surface area contributed by atoms with Crippen molar-refractivity contribution in [3.05, 3.63) is 112 Å². The first-order valence-corrected chi connectivity index (χ1v) is 11.9. The Kier molecular flexibility index (Phi) is 7.70. The van der Waals surface area contributed by atoms with Gasteiger partial charge in [-0.3, -0.25) is 4.79 Å². The van der Waals surface area contributed by atoms with E-state index in [-0.39, 0.29) is 18.5 Å². The van der Waals surface area contributed by atoms with E-state index < -0.39 is 0 Å². The highest BCUT2D eigenvalue weighted by Crippen LogP contribution is 2.20. The monoisotopic (exact) mass is 476 g/mol. The van der Waals surface area contributed by atoms with E-state index in [0.717, 1.165) is 23.4 Å². The van der Waals surface area contributed by atoms with Crippen molar-refractivity contribution in [1.29, 1.82) is 0 Å². The van der Waals surface area contributed by atoms with Crippen LogP contribution in [-0.4, -0.2) is 28.9 Å². The van der Waals surface area contributed by atoms with Crippen molar-refractivity contribution in [3.63, 3.8) is 0 Å². The lowest BCUT2D eigenvalue weighted by molar-refractivity contribution is -0.120. The molecule has 1 N–H and O–H groups in total. The lowest BCUT2D eigenvalue weighted by atomic mass is 9.99. The number of rotatable bonds is 9. The Morgan fingerprint density at radius 3 is 2.33 bits per heavy atom. The molecule has 5 nitrogen and oxygen atoms in total. The summed E-state index contributed by atoms with van der Waals surface area (Å²) < 4.78 is 4.45. The van der Waals surface area contributed by atoms with Gasteiger partial charge < -0.3 is 10.2 Å². The van der Waals surface area contributed by atoms with Gasteiger partial charge in [-0.2, -0.15) is 4.37 Å². The molecule has 0 radical (unpaired) electrons. The molecule has 0 aliphatic rings. The number of hydrogen-bond donors (Lipinski definition) is 1. The third kappa shape index (κ3) is 6.63. The fourth-order valence-corrected chi connectivity index (χ4v) is 4.34. The number of benzene rings is 3. The SMILES string of the molecule is CN(CC(=O)NC(Cc1ccccc1)c1ccccc1)c1nc(Cc2ccc(Cl)cc2)ns1. The van der Waals surface area contributed by atoms with Gasteiger partial charge in [0.1, 0.15) is 5.82 Å². The lowest BCUT2D eigenvalue weighted by Crippen LogP contribution is -2.38. The number of hydrogen-bond acceptors (Lipinski definition) is 5. The van der Waals surface area contributed by atoms with E-state index in [4.69, 9.17) is 11.6 Å². The highest BCUT2D eigenvalue weighted by Gasteiger charge is 2.18. The summed E-state index contributed by atoms with van der Waals surface area (Å²) in [6.45, 7) is 0.202. The Balaban J connectivity index is 1.39. The molecule has 0 fully saturated rings. The molecule has 1 unspecified atom stereocenters. The number of carbonyl (C=O) groups excluding carboxylic acids is 1. The average molecular weight is 477 g/mol. The Hall–Kier alpha value is -3.22. The molecule has 4 rings (SSSR count). The van der Waals surface area contributed by atoms with E-state index in [2.05, 4.69) is 26.8 Å². The highest BCUT2D eigenvalue weighted by molar-refractivity contribution is 7.09. The molecule has 0 saturated carbocycles. The lowest BCUT2D eigenvalue weighted by Gasteiger charge is -2.22. The number of likely N-dealkylation sites (N-methyl/N-ethyl adjacent to an activating group) is 1. The fourth-order valence-electron chi connectivity index (χ4n) is 3.57. The van der Waals surface area contributed by atoms with Gasteiger partial charge in [-0.1, -0.05) is 84.4 Å². The van der Waals surface area contributed by atoms with Crippen molar-refractivity contribution in [2.75, 3.05) is 18.5 Å². The van der Waals surface area contributed by atoms with Gasteiger partial charge in [-0.05, 0) is 35.2 Å². The van der Waals surface area contributed by atoms with E-state index >= 15 is 0 Å². The van der Waals surface area contributed by atoms with Gasteiger partial charge in [0.25, 0.3) is 0 Å². The second-order valence-corrected chi connectivity index (χ2v) is 9.04. The first-order chi connectivity index (χ1) is 16.1. The van der Waals surface area contributed by atoms with Crippen LogP contribution in [0.1, 0.15) is 28.6 Å². The van der Waals surface area contributed by atoms with Crippen molar-refractivity contribution in [2.24, 2.45) is 0 Å². The van der Waals surface area contributed by atoms with Gasteiger partial charge in [0, 0.05) is 30.0 Å². The molecule has 0 bridgehead atoms. The summed E-state index contributed by atoms with van der Waals surface area (Å²) in [4.78, 5) is 19.4. The first-order valence-electron chi connectivity index (χ1n) is 10.7. The summed E-state index contributed by atoms with van der Waals surface area (Å²) in [5.41, 5.74) is 3.35. The van der Waals surface area contributed by atoms with Crippen LogP contribution in [0.4, 0.5) is 5.13 Å². The maximum absolute atomic E-state index is 12.9. The van der Waals surface area contributed by atoms with Gasteiger partial charge in [-0.25, -0.2) is 4.98 Å². The van der Waals surface area contributed by atoms with Crippen LogP contribution in [0.2, 0.25) is 5.02 Å². The molecule has 33 heavy (non-hydrogen) atoms. The molecule has 3 aromatic carbocycles. The highest BCUT2D eigenvalue weighted by atomic mass is 35.5. The molecule has 1 amide bonds. The number of aromatic nitrogens is 2. The standard InChI is InChI=1S/C26H25ClN4OS/c1-31(26-29-24(30-33-26)17-20-12-14-22(27)15-13-20)18-25(32)28-23(21-10-6-3-7-11-21)16-19-8-4-2-5-9-19/h2-15,23H,16-18H2,1H3,(H,28,32). The Morgan fingerprint density at radius 1 is 0.970 bits per heavy atom. The minimum Gasteiger partial charge on any atom is -0.347 e. The quantitative estimate of drug-likeness (QED) is 0.355. The van der Waals surface area contributed by atoms with E-state index in [1.165, 1.54) is 17.1 Å². The number of nitrogens with one attached hydrogen (secondary N) is 1. The van der Waals surface area contributed by atoms with Crippen molar-refractivity contribution < 1.29 is 4.79 Å². The number of carbonyl (C=O) groups is 1. The molecule has 7 heteroatoms. The van der Waals surface area contributed by atoms with E-state index in [9.17, 15) is 4.79 Å². The topological polar surface area (TPSA) is 58.1 Å². The van der Waals surface area contributed by atoms with Crippen LogP contribution in [0.5, 0.6) is 0 Å². The van der Waals surface area contributed by atoms with Crippen molar-refractivity contribution in [2.45, 2.75) is 18.9 Å². The molecule has 0 aliphatic carbocycles. The van der Waals surface area contributed by atoms with Crippen LogP contribution in [0.15, 0.2) is 84.9 Å². The Bertz CT molecular complexity index is 1170. The summed E-state index contributed by atoms with van der Waals surface area (Å²) in [6.07, 6.45) is 1.35. The largest absolute Gasteiger partial charge is 0.347 e. The summed E-state index contributed by atoms with van der Waals surface area (Å²) in [7, 11) is 1.86. The molecular formula is C26H25ClN4OS. The predicted octanol–water partition coefficient (Wildman–Crippen LogP) is 5.32. The van der Waals surface area contributed by atoms with Gasteiger partial charge in [0.15, 0.2) is 0 Å². The average Bonchev–Trinajstić information content (AvgIpc) is 3.30. The zero-order valence-electron chi connectivity index (χ0n) is 18.3. The smallest absolute Gasteiger partial charge is 0.240 e. The molecule has 0 saturated heterocycles. The molecule has 4 aromatic rings. The van der Waals surface area contributed by atoms with Gasteiger partial charge >= 0.3 is 0 Å². The third-order valence-corrected chi connectivity index (χ3v) is 6.38. The Morgan fingerprint density at radius 2 is 1.64 bits per heavy atom. The maximum atomic E-state index is 12.9. The van der Waals surface area contributed by atoms with Gasteiger partial charge in [0.05, 0.1) is 12.6 Å². The van der Waals surface area contributed by atoms with Crippen LogP contribution in [0, 0.1) is 0 Å². The minimum atomic E-state index is -0.107. The van der Waals surface area contributed by atoms with Crippen LogP contribution in [0.25, 0.3) is 0 Å². The normalized spacial score (nSPS) is 11.7. The molecule has 168 valence electrons. The van der Waals surface area contributed by atoms with Gasteiger partial charge in [-0.15, -0.1) is 0 Å². The summed E-state index contributed by atoms with van der Waals surface area (Å²) in [5, 5.41) is 4.62. The second-order valence-electron chi connectivity index (χ2n) is 7.87. The molecule has 1 aromatic heterocycles. The van der Waals surface area contributed by atoms with Crippen LogP contribution in [0.3, 0.4) is 0 Å². The van der Waals surface area contributed by atoms with Gasteiger partial charge in [0.2, 0.25) is 11.0 Å². The van der Waals surface area contributed by atoms with E-state index in [1.54, 1.807) is 0 Å². The van der Waals surface area contributed by atoms with Crippen molar-refractivity contribution in [1.82, 2.24) is 14.7 Å². The summed E-state index contributed by atoms with van der Waals surface area (Å²) >= 11 is 7.25. The van der Waals surface area contributed by atoms with Crippen molar-refractivity contribution in [3.8, 4) is 0 Å². The van der Waals surface area contributed by atoms with E-state index in [0.29, 0.717) is 16.6 Å². The molecule has 1 heterocycles. The van der Waals surface area contributed by atoms with Crippen LogP contribution >= 0.6 is 23.1 Å². The second kappa shape index (κ2) is 11.1. The Labute approximate surface area is 203 Å². The molecular weight excluding hydrogens is 452 g/mol. The van der Waals surface area contributed by atoms with Crippen LogP contribution in [-0.2, 0) is 17.6 Å². The van der Waals surface area contributed by atoms with E-state index in [1.807, 2.05) is 84.7 Å². The summed E-state index contributed by atoms with van der Waals surface area (Å²) in [5.74, 6) is 0.674. The molecule has 1 atom stereocenters. The zero-order valence-corrected chi connectivity index (χ0v) is 19.9. The molecule has 0 spiro atoms. The number of nitrogens with zero attached hydrogens (tertiary/aromatic N) is 3. The summed E-state index contributed by atoms with van der Waals surface area (Å²) in [6, 6.07) is 27.8. The fraction of sp³-hybridized carbons (Fsp3) is 0.192. The number of halogens is 1. The third-order valence-electron chi connectivity index (χ3n) is 5.26. The predicted molar refractivity (Wildman–Crippen MR) is 135 cm³/mol. The first kappa shape index (κ1) is 23.0.